The van der Waals surface area contributed by atoms with Gasteiger partial charge in [0, 0.05) is 36.1 Å². The fourth-order valence-electron chi connectivity index (χ4n) is 6.37. The first-order valence-corrected chi connectivity index (χ1v) is 14.1. The summed E-state index contributed by atoms with van der Waals surface area (Å²) in [6.45, 7) is 11.1. The molecule has 11 heteroatoms. The average molecular weight is 560 g/mol. The molecular weight excluding hydrogens is 510 g/mol. The number of hydrogen-bond donors (Lipinski definition) is 4. The largest absolute Gasteiger partial charge is 0.459 e. The van der Waals surface area contributed by atoms with Gasteiger partial charge in [-0.15, -0.1) is 0 Å². The molecule has 0 amide bonds. The van der Waals surface area contributed by atoms with E-state index in [-0.39, 0.29) is 24.3 Å². The smallest absolute Gasteiger partial charge is 0.311 e. The monoisotopic (exact) mass is 559 g/mol. The number of cyclic esters (lactones) is 1. The summed E-state index contributed by atoms with van der Waals surface area (Å²) in [6, 6.07) is 0.0358. The van der Waals surface area contributed by atoms with E-state index in [0.717, 1.165) is 0 Å². The SMILES string of the molecule is C[C@H]1[C@H](O[C@H]2CC(N(C)C)C3O[C@H]3O2)[C@@H](C)C(=O)OC([C@H](C)O)[C@H](C)[C@H](O)[C@@H](C)C(=O)[C@H](C)C[C@@](C)(O)[C@@H]1O. The minimum atomic E-state index is -1.70. The van der Waals surface area contributed by atoms with Crippen LogP contribution in [-0.2, 0) is 28.5 Å². The maximum atomic E-state index is 13.5. The number of likely N-dealkylation sites (N-methyl/N-ethyl adjacent to an activating group) is 1. The minimum Gasteiger partial charge on any atom is -0.459 e. The van der Waals surface area contributed by atoms with Gasteiger partial charge in [-0.1, -0.05) is 27.7 Å². The Morgan fingerprint density at radius 3 is 2.21 bits per heavy atom. The number of ketones is 1. The van der Waals surface area contributed by atoms with Gasteiger partial charge in [-0.25, -0.2) is 0 Å². The second kappa shape index (κ2) is 12.4. The number of carbonyl (C=O) groups excluding carboxylic acids is 2. The first-order chi connectivity index (χ1) is 18.0. The lowest BCUT2D eigenvalue weighted by Crippen LogP contribution is -2.54. The molecule has 4 N–H and O–H groups in total. The summed E-state index contributed by atoms with van der Waals surface area (Å²) in [6.07, 6.45) is -6.56. The highest BCUT2D eigenvalue weighted by atomic mass is 16.8. The molecule has 0 aromatic carbocycles. The van der Waals surface area contributed by atoms with E-state index < -0.39 is 84.3 Å². The van der Waals surface area contributed by atoms with Crippen LogP contribution in [0, 0.1) is 29.6 Å². The van der Waals surface area contributed by atoms with Gasteiger partial charge >= 0.3 is 5.97 Å². The van der Waals surface area contributed by atoms with Crippen LogP contribution in [0.1, 0.15) is 61.3 Å². The van der Waals surface area contributed by atoms with Gasteiger partial charge < -0.3 is 44.3 Å². The first kappa shape index (κ1) is 32.3. The molecule has 0 saturated carbocycles. The van der Waals surface area contributed by atoms with Crippen LogP contribution in [0.3, 0.4) is 0 Å². The molecule has 3 saturated heterocycles. The lowest BCUT2D eigenvalue weighted by molar-refractivity contribution is -0.240. The molecule has 0 aliphatic carbocycles. The van der Waals surface area contributed by atoms with E-state index in [0.29, 0.717) is 6.42 Å². The van der Waals surface area contributed by atoms with Crippen molar-refractivity contribution in [3.8, 4) is 0 Å². The second-order valence-electron chi connectivity index (χ2n) is 12.6. The van der Waals surface area contributed by atoms with Gasteiger partial charge in [-0.05, 0) is 41.3 Å². The molecule has 0 bridgehead atoms. The van der Waals surface area contributed by atoms with Gasteiger partial charge in [-0.2, -0.15) is 0 Å². The molecule has 3 unspecified atom stereocenters. The van der Waals surface area contributed by atoms with Gasteiger partial charge in [0.1, 0.15) is 18.0 Å². The zero-order chi connectivity index (χ0) is 29.6. The molecule has 15 atom stereocenters. The minimum absolute atomic E-state index is 0.0358. The third-order valence-electron chi connectivity index (χ3n) is 9.02. The highest BCUT2D eigenvalue weighted by Crippen LogP contribution is 2.40. The number of rotatable bonds is 4. The zero-order valence-electron chi connectivity index (χ0n) is 24.7. The quantitative estimate of drug-likeness (QED) is 0.284. The van der Waals surface area contributed by atoms with Crippen molar-refractivity contribution in [3.63, 3.8) is 0 Å². The van der Waals surface area contributed by atoms with Crippen LogP contribution in [0.5, 0.6) is 0 Å². The molecular formula is C28H49NO10. The molecule has 0 aromatic rings. The number of ether oxygens (including phenoxy) is 4. The van der Waals surface area contributed by atoms with Gasteiger partial charge in [0.05, 0.1) is 35.9 Å². The Kier molecular flexibility index (Phi) is 10.2. The zero-order valence-corrected chi connectivity index (χ0v) is 24.7. The van der Waals surface area contributed by atoms with Crippen molar-refractivity contribution < 1.29 is 49.0 Å². The van der Waals surface area contributed by atoms with E-state index in [1.165, 1.54) is 13.8 Å². The van der Waals surface area contributed by atoms with Crippen molar-refractivity contribution >= 4 is 11.8 Å². The van der Waals surface area contributed by atoms with Crippen LogP contribution < -0.4 is 0 Å². The van der Waals surface area contributed by atoms with E-state index in [2.05, 4.69) is 0 Å². The summed E-state index contributed by atoms with van der Waals surface area (Å²) in [7, 11) is 3.87. The number of Topliss-reactive ketones (excluding diaryl/α,β-unsaturated/α-hetero) is 1. The number of epoxide rings is 1. The number of carbonyl (C=O) groups is 2. The summed E-state index contributed by atoms with van der Waals surface area (Å²) in [5.74, 6) is -5.01. The van der Waals surface area contributed by atoms with E-state index in [9.17, 15) is 30.0 Å². The van der Waals surface area contributed by atoms with Crippen molar-refractivity contribution in [2.75, 3.05) is 14.1 Å². The normalized spacial score (nSPS) is 49.1. The van der Waals surface area contributed by atoms with Gasteiger partial charge in [0.15, 0.2) is 12.6 Å². The summed E-state index contributed by atoms with van der Waals surface area (Å²) in [4.78, 5) is 28.7. The van der Waals surface area contributed by atoms with E-state index in [1.54, 1.807) is 34.6 Å². The van der Waals surface area contributed by atoms with Crippen molar-refractivity contribution in [2.24, 2.45) is 29.6 Å². The van der Waals surface area contributed by atoms with Crippen molar-refractivity contribution in [3.05, 3.63) is 0 Å². The number of fused-ring (bicyclic) bond motifs is 1. The number of hydrogen-bond acceptors (Lipinski definition) is 11. The third-order valence-corrected chi connectivity index (χ3v) is 9.02. The molecule has 226 valence electrons. The summed E-state index contributed by atoms with van der Waals surface area (Å²) >= 11 is 0. The van der Waals surface area contributed by atoms with Gasteiger partial charge in [0.2, 0.25) is 0 Å². The Hall–Kier alpha value is -1.18. The van der Waals surface area contributed by atoms with Crippen molar-refractivity contribution in [1.29, 1.82) is 0 Å². The third kappa shape index (κ3) is 7.01. The Bertz CT molecular complexity index is 865. The Labute approximate surface area is 231 Å². The molecule has 3 rings (SSSR count). The predicted octanol–water partition coefficient (Wildman–Crippen LogP) is 0.692. The lowest BCUT2D eigenvalue weighted by atomic mass is 9.75. The standard InChI is InChI=1S/C28H49NO10/c1-12-11-28(7,35)25(33)15(4)22(36-19-10-18(29(8)9)24-27(37-19)39-24)16(5)26(34)38-23(17(6)30)14(3)21(32)13(2)20(12)31/h12-19,21-25,27,30,32-33,35H,10-11H2,1-9H3/t12-,13+,14-,15+,16-,17+,18?,19-,21-,22+,23?,24?,25-,27-,28-/m1/s1. The predicted molar refractivity (Wildman–Crippen MR) is 140 cm³/mol. The number of aliphatic hydroxyl groups excluding tert-OH is 3. The van der Waals surface area contributed by atoms with Crippen molar-refractivity contribution in [2.45, 2.75) is 122 Å². The average Bonchev–Trinajstić information content (AvgIpc) is 3.65. The summed E-state index contributed by atoms with van der Waals surface area (Å²) < 4.78 is 23.6. The fraction of sp³-hybridized carbons (Fsp3) is 0.929. The lowest BCUT2D eigenvalue weighted by Gasteiger charge is -2.42. The summed E-state index contributed by atoms with van der Waals surface area (Å²) in [5, 5.41) is 44.2. The fourth-order valence-corrected chi connectivity index (χ4v) is 6.37. The topological polar surface area (TPSA) is 159 Å². The Morgan fingerprint density at radius 2 is 1.64 bits per heavy atom. The first-order valence-electron chi connectivity index (χ1n) is 14.1. The molecule has 3 aliphatic rings. The number of aliphatic hydroxyl groups is 4. The van der Waals surface area contributed by atoms with Crippen molar-refractivity contribution in [1.82, 2.24) is 4.90 Å². The summed E-state index contributed by atoms with van der Waals surface area (Å²) in [5.41, 5.74) is -1.70. The van der Waals surface area contributed by atoms with Crippen LogP contribution in [0.2, 0.25) is 0 Å². The highest BCUT2D eigenvalue weighted by Gasteiger charge is 2.54. The maximum Gasteiger partial charge on any atom is 0.311 e. The maximum absolute atomic E-state index is 13.5. The van der Waals surface area contributed by atoms with Crippen LogP contribution in [-0.4, -0.2) is 112 Å². The molecule has 0 aromatic heterocycles. The Morgan fingerprint density at radius 1 is 1.03 bits per heavy atom. The number of esters is 1. The molecule has 3 fully saturated rings. The van der Waals surface area contributed by atoms with E-state index >= 15 is 0 Å². The number of nitrogens with zero attached hydrogens (tertiary/aromatic N) is 1. The van der Waals surface area contributed by atoms with Gasteiger partial charge in [-0.3, -0.25) is 9.59 Å². The molecule has 3 aliphatic heterocycles. The van der Waals surface area contributed by atoms with Crippen LogP contribution in [0.4, 0.5) is 0 Å². The molecule has 0 spiro atoms. The molecule has 0 radical (unpaired) electrons. The van der Waals surface area contributed by atoms with E-state index in [1.807, 2.05) is 19.0 Å². The van der Waals surface area contributed by atoms with Gasteiger partial charge in [0.25, 0.3) is 0 Å². The van der Waals surface area contributed by atoms with E-state index in [4.69, 9.17) is 18.9 Å². The molecule has 11 nitrogen and oxygen atoms in total. The highest BCUT2D eigenvalue weighted by molar-refractivity contribution is 5.83. The van der Waals surface area contributed by atoms with Crippen LogP contribution >= 0.6 is 0 Å². The molecule has 3 heterocycles. The second-order valence-corrected chi connectivity index (χ2v) is 12.6. The van der Waals surface area contributed by atoms with Crippen LogP contribution in [0.15, 0.2) is 0 Å². The molecule has 39 heavy (non-hydrogen) atoms. The Balaban J connectivity index is 1.96. The van der Waals surface area contributed by atoms with Crippen LogP contribution in [0.25, 0.3) is 0 Å².